The molecule has 0 aromatic heterocycles. The first-order valence-corrected chi connectivity index (χ1v) is 16.2. The third-order valence-electron chi connectivity index (χ3n) is 11.9. The van der Waals surface area contributed by atoms with E-state index < -0.39 is 24.1 Å². The number of esters is 1. The second kappa shape index (κ2) is 13.1. The molecule has 0 aromatic rings. The molecule has 0 heterocycles. The van der Waals surface area contributed by atoms with Crippen LogP contribution in [0.4, 0.5) is 0 Å². The Bertz CT molecular complexity index is 1060. The Kier molecular flexibility index (Phi) is 10.9. The number of aliphatic hydroxyl groups excluding tert-OH is 3. The third kappa shape index (κ3) is 6.25. The lowest BCUT2D eigenvalue weighted by Crippen LogP contribution is -2.65. The molecule has 4 fully saturated rings. The van der Waals surface area contributed by atoms with Crippen LogP contribution in [0.25, 0.3) is 0 Å². The van der Waals surface area contributed by atoms with Gasteiger partial charge in [-0.15, -0.1) is 0 Å². The van der Waals surface area contributed by atoms with E-state index in [9.17, 15) is 24.9 Å². The molecule has 4 N–H and O–H groups in total. The molecular formula is C35H58O7. The van der Waals surface area contributed by atoms with E-state index in [2.05, 4.69) is 27.7 Å². The number of aliphatic carboxylic acids is 1. The van der Waals surface area contributed by atoms with Crippen molar-refractivity contribution >= 4 is 11.9 Å². The van der Waals surface area contributed by atoms with Gasteiger partial charge in [-0.3, -0.25) is 4.79 Å². The van der Waals surface area contributed by atoms with Crippen molar-refractivity contribution in [1.29, 1.82) is 0 Å². The van der Waals surface area contributed by atoms with Crippen LogP contribution in [0.1, 0.15) is 114 Å². The Hall–Kier alpha value is -1.70. The van der Waals surface area contributed by atoms with Gasteiger partial charge in [-0.05, 0) is 117 Å². The second-order valence-electron chi connectivity index (χ2n) is 15.2. The standard InChI is InChI=1S/C31H48O6.C4H10O/c1-17(2)9-8-10-20(28(35)36)26-22-15-24(34)27-29(5)13-12-23(33)18(3)21(29)11-14-30(27,6)31(22,7)16-25(26)37-19(4)32;1-4(2)3-5/h9,18,21-25,27,33-34H,8,10-16H2,1-7H3,(H,35,36);4-5H,3H2,1-2H3/b26-20-;/t18-,21-,22-,23+,24+,25-,27-,29-,30-,31-;/m0./s1. The molecule has 0 aromatic carbocycles. The Morgan fingerprint density at radius 3 is 2.17 bits per heavy atom. The van der Waals surface area contributed by atoms with Crippen LogP contribution in [0, 0.1) is 45.8 Å². The van der Waals surface area contributed by atoms with Gasteiger partial charge in [-0.25, -0.2) is 4.79 Å². The van der Waals surface area contributed by atoms with Gasteiger partial charge >= 0.3 is 11.9 Å². The van der Waals surface area contributed by atoms with E-state index in [1.54, 1.807) is 0 Å². The fourth-order valence-electron chi connectivity index (χ4n) is 9.79. The topological polar surface area (TPSA) is 124 Å². The fraction of sp³-hybridized carbons (Fsp3) is 0.829. The van der Waals surface area contributed by atoms with Crippen molar-refractivity contribution in [2.24, 2.45) is 45.8 Å². The number of allylic oxidation sites excluding steroid dienone is 2. The van der Waals surface area contributed by atoms with Gasteiger partial charge < -0.3 is 25.2 Å². The lowest BCUT2D eigenvalue weighted by atomic mass is 9.36. The first kappa shape index (κ1) is 34.8. The van der Waals surface area contributed by atoms with Crippen molar-refractivity contribution in [2.75, 3.05) is 6.61 Å². The molecule has 4 aliphatic rings. The summed E-state index contributed by atoms with van der Waals surface area (Å²) in [5.74, 6) is -0.470. The van der Waals surface area contributed by atoms with Crippen LogP contribution in [-0.4, -0.2) is 57.3 Å². The summed E-state index contributed by atoms with van der Waals surface area (Å²) in [5.41, 5.74) is 1.57. The molecule has 4 rings (SSSR count). The Morgan fingerprint density at radius 1 is 1.02 bits per heavy atom. The molecule has 7 nitrogen and oxygen atoms in total. The number of carboxylic acids is 1. The molecule has 0 amide bonds. The smallest absolute Gasteiger partial charge is 0.331 e. The molecular weight excluding hydrogens is 532 g/mol. The average Bonchev–Trinajstić information content (AvgIpc) is 3.15. The van der Waals surface area contributed by atoms with Crippen molar-refractivity contribution in [3.63, 3.8) is 0 Å². The van der Waals surface area contributed by atoms with Crippen LogP contribution >= 0.6 is 0 Å². The zero-order chi connectivity index (χ0) is 31.8. The SMILES string of the molecule is CC(=O)O[C@H]1C[C@@]2(C)[C@@H](C[C@@H](O)[C@H]3[C@@]4(C)CC[C@@H](O)[C@@H](C)[C@@H]4CC[C@@]32C)/C1=C(\CCC=C(C)C)C(=O)O.CC(C)CO. The molecule has 0 spiro atoms. The van der Waals surface area contributed by atoms with E-state index in [1.165, 1.54) is 6.92 Å². The molecule has 7 heteroatoms. The Morgan fingerprint density at radius 2 is 1.64 bits per heavy atom. The van der Waals surface area contributed by atoms with E-state index in [0.717, 1.165) is 36.8 Å². The maximum atomic E-state index is 12.6. The van der Waals surface area contributed by atoms with Gasteiger partial charge in [-0.2, -0.15) is 0 Å². The van der Waals surface area contributed by atoms with E-state index in [1.807, 2.05) is 33.8 Å². The van der Waals surface area contributed by atoms with Crippen molar-refractivity contribution in [1.82, 2.24) is 0 Å². The molecule has 0 saturated heterocycles. The number of hydrogen-bond acceptors (Lipinski definition) is 6. The normalized spacial score (nSPS) is 41.9. The van der Waals surface area contributed by atoms with Gasteiger partial charge in [0, 0.05) is 19.1 Å². The summed E-state index contributed by atoms with van der Waals surface area (Å²) in [6, 6.07) is 0. The minimum Gasteiger partial charge on any atom is -0.478 e. The zero-order valence-electron chi connectivity index (χ0n) is 27.6. The predicted octanol–water partition coefficient (Wildman–Crippen LogP) is 6.30. The quantitative estimate of drug-likeness (QED) is 0.163. The highest BCUT2D eigenvalue weighted by atomic mass is 16.5. The summed E-state index contributed by atoms with van der Waals surface area (Å²) >= 11 is 0. The summed E-state index contributed by atoms with van der Waals surface area (Å²) in [5, 5.41) is 41.0. The van der Waals surface area contributed by atoms with Gasteiger partial charge in [0.05, 0.1) is 12.2 Å². The lowest BCUT2D eigenvalue weighted by Gasteiger charge is -2.69. The van der Waals surface area contributed by atoms with Crippen LogP contribution in [0.2, 0.25) is 0 Å². The summed E-state index contributed by atoms with van der Waals surface area (Å²) in [4.78, 5) is 24.8. The number of ether oxygens (including phenoxy) is 1. The zero-order valence-corrected chi connectivity index (χ0v) is 27.6. The number of carboxylic acid groups (broad SMARTS) is 1. The van der Waals surface area contributed by atoms with Gasteiger partial charge in [0.15, 0.2) is 0 Å². The predicted molar refractivity (Wildman–Crippen MR) is 164 cm³/mol. The minimum atomic E-state index is -0.953. The number of rotatable bonds is 6. The average molecular weight is 591 g/mol. The van der Waals surface area contributed by atoms with Crippen molar-refractivity contribution in [2.45, 2.75) is 132 Å². The van der Waals surface area contributed by atoms with Crippen molar-refractivity contribution in [3.05, 3.63) is 22.8 Å². The molecule has 4 saturated carbocycles. The van der Waals surface area contributed by atoms with Crippen LogP contribution in [0.3, 0.4) is 0 Å². The number of hydrogen-bond donors (Lipinski definition) is 4. The van der Waals surface area contributed by atoms with E-state index in [-0.39, 0.29) is 40.1 Å². The van der Waals surface area contributed by atoms with Crippen molar-refractivity contribution in [3.8, 4) is 0 Å². The van der Waals surface area contributed by atoms with E-state index >= 15 is 0 Å². The van der Waals surface area contributed by atoms with Crippen LogP contribution in [0.15, 0.2) is 22.8 Å². The number of carbonyl (C=O) groups excluding carboxylic acids is 1. The van der Waals surface area contributed by atoms with E-state index in [4.69, 9.17) is 9.84 Å². The highest BCUT2D eigenvalue weighted by Gasteiger charge is 2.70. The first-order chi connectivity index (χ1) is 19.4. The molecule has 0 bridgehead atoms. The summed E-state index contributed by atoms with van der Waals surface area (Å²) in [6.07, 6.45) is 6.22. The molecule has 0 unspecified atom stereocenters. The maximum absolute atomic E-state index is 12.6. The number of fused-ring (bicyclic) bond motifs is 5. The minimum absolute atomic E-state index is 0.0474. The summed E-state index contributed by atoms with van der Waals surface area (Å²) in [7, 11) is 0. The largest absolute Gasteiger partial charge is 0.478 e. The molecule has 42 heavy (non-hydrogen) atoms. The highest BCUT2D eigenvalue weighted by Crippen LogP contribution is 2.74. The molecule has 0 aliphatic heterocycles. The summed E-state index contributed by atoms with van der Waals surface area (Å²) < 4.78 is 5.87. The Balaban J connectivity index is 0.000000892. The van der Waals surface area contributed by atoms with Crippen LogP contribution in [0.5, 0.6) is 0 Å². The number of carbonyl (C=O) groups is 2. The van der Waals surface area contributed by atoms with Gasteiger partial charge in [0.1, 0.15) is 6.10 Å². The maximum Gasteiger partial charge on any atom is 0.331 e. The molecule has 0 radical (unpaired) electrons. The van der Waals surface area contributed by atoms with Gasteiger partial charge in [0.25, 0.3) is 0 Å². The van der Waals surface area contributed by atoms with Crippen LogP contribution < -0.4 is 0 Å². The fourth-order valence-corrected chi connectivity index (χ4v) is 9.79. The lowest BCUT2D eigenvalue weighted by molar-refractivity contribution is -0.234. The van der Waals surface area contributed by atoms with Gasteiger partial charge in [0.2, 0.25) is 0 Å². The van der Waals surface area contributed by atoms with Crippen LogP contribution in [-0.2, 0) is 14.3 Å². The second-order valence-corrected chi connectivity index (χ2v) is 15.2. The summed E-state index contributed by atoms with van der Waals surface area (Å²) in [6.45, 7) is 18.7. The highest BCUT2D eigenvalue weighted by molar-refractivity contribution is 5.88. The molecule has 240 valence electrons. The molecule has 10 atom stereocenters. The first-order valence-electron chi connectivity index (χ1n) is 16.2. The Labute approximate surface area is 253 Å². The van der Waals surface area contributed by atoms with Crippen molar-refractivity contribution < 1.29 is 34.8 Å². The third-order valence-corrected chi connectivity index (χ3v) is 11.9. The monoisotopic (exact) mass is 590 g/mol. The van der Waals surface area contributed by atoms with Gasteiger partial charge in [-0.1, -0.05) is 53.2 Å². The van der Waals surface area contributed by atoms with E-state index in [0.29, 0.717) is 49.7 Å². The number of aliphatic hydroxyl groups is 3. The molecule has 4 aliphatic carbocycles.